The molecule has 0 fully saturated rings. The maximum atomic E-state index is 10.6. The van der Waals surface area contributed by atoms with Crippen LogP contribution in [0.4, 0.5) is 0 Å². The molecule has 0 aliphatic rings. The van der Waals surface area contributed by atoms with Gasteiger partial charge in [-0.05, 0) is 22.9 Å². The minimum Gasteiger partial charge on any atom is -0.478 e. The van der Waals surface area contributed by atoms with E-state index in [1.807, 2.05) is 30.3 Å². The van der Waals surface area contributed by atoms with Gasteiger partial charge >= 0.3 is 5.97 Å². The van der Waals surface area contributed by atoms with Crippen LogP contribution in [0.1, 0.15) is 10.4 Å². The number of carboxylic acids is 1. The van der Waals surface area contributed by atoms with E-state index >= 15 is 0 Å². The molecular weight excluding hydrogens is 212 g/mol. The second kappa shape index (κ2) is 4.40. The van der Waals surface area contributed by atoms with Gasteiger partial charge in [0.25, 0.3) is 0 Å². The van der Waals surface area contributed by atoms with Crippen molar-refractivity contribution in [3.05, 3.63) is 48.0 Å². The van der Waals surface area contributed by atoms with Crippen LogP contribution in [0.2, 0.25) is 0 Å². The van der Waals surface area contributed by atoms with Crippen molar-refractivity contribution < 1.29 is 31.6 Å². The predicted octanol–water partition coefficient (Wildman–Crippen LogP) is 2.54. The summed E-state index contributed by atoms with van der Waals surface area (Å²) >= 11 is 0. The molecular formula is C11H8O2Ti. The average Bonchev–Trinajstić information content (AvgIpc) is 2.17. The Labute approximate surface area is 96.4 Å². The molecule has 0 amide bonds. The molecule has 0 spiro atoms. The van der Waals surface area contributed by atoms with Crippen LogP contribution in [-0.4, -0.2) is 11.1 Å². The Bertz CT molecular complexity index is 466. The molecule has 0 saturated heterocycles. The molecule has 2 aromatic rings. The molecule has 0 aliphatic carbocycles. The SMILES string of the molecule is O=C(O)c1ccc2ccccc2c1.[Ti]. The Hall–Kier alpha value is -1.12. The summed E-state index contributed by atoms with van der Waals surface area (Å²) < 4.78 is 0. The smallest absolute Gasteiger partial charge is 0.335 e. The monoisotopic (exact) mass is 220 g/mol. The molecule has 0 aromatic heterocycles. The molecule has 0 saturated carbocycles. The summed E-state index contributed by atoms with van der Waals surface area (Å²) in [6.07, 6.45) is 0. The van der Waals surface area contributed by atoms with E-state index in [9.17, 15) is 4.79 Å². The zero-order chi connectivity index (χ0) is 9.26. The number of carboxylic acid groups (broad SMARTS) is 1. The summed E-state index contributed by atoms with van der Waals surface area (Å²) in [5, 5.41) is 10.8. The first-order valence-corrected chi connectivity index (χ1v) is 3.99. The molecule has 14 heavy (non-hydrogen) atoms. The quantitative estimate of drug-likeness (QED) is 0.749. The van der Waals surface area contributed by atoms with Gasteiger partial charge in [0.2, 0.25) is 0 Å². The minimum atomic E-state index is -0.884. The van der Waals surface area contributed by atoms with Gasteiger partial charge in [0.15, 0.2) is 0 Å². The molecule has 1 N–H and O–H groups in total. The normalized spacial score (nSPS) is 9.43. The van der Waals surface area contributed by atoms with E-state index in [1.54, 1.807) is 12.1 Å². The van der Waals surface area contributed by atoms with Gasteiger partial charge in [0.05, 0.1) is 5.56 Å². The fourth-order valence-corrected chi connectivity index (χ4v) is 1.32. The molecule has 0 unspecified atom stereocenters. The minimum absolute atomic E-state index is 0. The van der Waals surface area contributed by atoms with E-state index < -0.39 is 5.97 Å². The number of rotatable bonds is 1. The first kappa shape index (κ1) is 11.0. The zero-order valence-electron chi connectivity index (χ0n) is 7.40. The Balaban J connectivity index is 0.000000980. The summed E-state index contributed by atoms with van der Waals surface area (Å²) in [6.45, 7) is 0. The van der Waals surface area contributed by atoms with Crippen LogP contribution in [0.15, 0.2) is 42.5 Å². The van der Waals surface area contributed by atoms with Crippen molar-refractivity contribution in [2.45, 2.75) is 0 Å². The molecule has 2 nitrogen and oxygen atoms in total. The number of fused-ring (bicyclic) bond motifs is 1. The molecule has 0 radical (unpaired) electrons. The molecule has 0 aliphatic heterocycles. The number of aromatic carboxylic acids is 1. The second-order valence-corrected chi connectivity index (χ2v) is 2.87. The fraction of sp³-hybridized carbons (Fsp3) is 0. The Morgan fingerprint density at radius 3 is 2.29 bits per heavy atom. The summed E-state index contributed by atoms with van der Waals surface area (Å²) in [5.74, 6) is -0.884. The standard InChI is InChI=1S/C11H8O2.Ti/c12-11(13)10-6-5-8-3-1-2-4-9(8)7-10;/h1-7H,(H,12,13);. The maximum Gasteiger partial charge on any atom is 0.335 e. The van der Waals surface area contributed by atoms with Gasteiger partial charge in [0.1, 0.15) is 0 Å². The molecule has 68 valence electrons. The van der Waals surface area contributed by atoms with Crippen LogP contribution < -0.4 is 0 Å². The van der Waals surface area contributed by atoms with Crippen molar-refractivity contribution >= 4 is 16.7 Å². The molecule has 2 aromatic carbocycles. The van der Waals surface area contributed by atoms with Crippen LogP contribution in [-0.2, 0) is 21.7 Å². The van der Waals surface area contributed by atoms with Crippen molar-refractivity contribution in [3.63, 3.8) is 0 Å². The Morgan fingerprint density at radius 2 is 1.64 bits per heavy atom. The van der Waals surface area contributed by atoms with Gasteiger partial charge in [0, 0.05) is 21.7 Å². The summed E-state index contributed by atoms with van der Waals surface area (Å²) in [6, 6.07) is 12.8. The van der Waals surface area contributed by atoms with Crippen LogP contribution >= 0.6 is 0 Å². The summed E-state index contributed by atoms with van der Waals surface area (Å²) in [4.78, 5) is 10.6. The molecule has 0 heterocycles. The van der Waals surface area contributed by atoms with Gasteiger partial charge in [-0.1, -0.05) is 30.3 Å². The number of carbonyl (C=O) groups is 1. The first-order chi connectivity index (χ1) is 6.27. The van der Waals surface area contributed by atoms with E-state index in [1.165, 1.54) is 0 Å². The van der Waals surface area contributed by atoms with Crippen molar-refractivity contribution in [2.75, 3.05) is 0 Å². The Kier molecular flexibility index (Phi) is 3.45. The zero-order valence-corrected chi connectivity index (χ0v) is 8.96. The maximum absolute atomic E-state index is 10.6. The van der Waals surface area contributed by atoms with Gasteiger partial charge in [-0.3, -0.25) is 0 Å². The number of hydrogen-bond acceptors (Lipinski definition) is 1. The fourth-order valence-electron chi connectivity index (χ4n) is 1.32. The average molecular weight is 220 g/mol. The van der Waals surface area contributed by atoms with E-state index in [4.69, 9.17) is 5.11 Å². The number of benzene rings is 2. The van der Waals surface area contributed by atoms with Gasteiger partial charge in [-0.15, -0.1) is 0 Å². The van der Waals surface area contributed by atoms with Crippen molar-refractivity contribution in [1.29, 1.82) is 0 Å². The Morgan fingerprint density at radius 1 is 1.00 bits per heavy atom. The van der Waals surface area contributed by atoms with Crippen molar-refractivity contribution in [1.82, 2.24) is 0 Å². The van der Waals surface area contributed by atoms with Crippen LogP contribution in [0.25, 0.3) is 10.8 Å². The topological polar surface area (TPSA) is 37.3 Å². The van der Waals surface area contributed by atoms with Crippen molar-refractivity contribution in [3.8, 4) is 0 Å². The molecule has 0 atom stereocenters. The van der Waals surface area contributed by atoms with E-state index in [0.717, 1.165) is 10.8 Å². The summed E-state index contributed by atoms with van der Waals surface area (Å²) in [7, 11) is 0. The van der Waals surface area contributed by atoms with Crippen LogP contribution in [0.5, 0.6) is 0 Å². The van der Waals surface area contributed by atoms with Crippen molar-refractivity contribution in [2.24, 2.45) is 0 Å². The van der Waals surface area contributed by atoms with E-state index in [0.29, 0.717) is 5.56 Å². The molecule has 3 heteroatoms. The van der Waals surface area contributed by atoms with Crippen LogP contribution in [0, 0.1) is 0 Å². The van der Waals surface area contributed by atoms with Gasteiger partial charge < -0.3 is 5.11 Å². The molecule has 0 bridgehead atoms. The van der Waals surface area contributed by atoms with E-state index in [2.05, 4.69) is 0 Å². The molecule has 2 rings (SSSR count). The summed E-state index contributed by atoms with van der Waals surface area (Å²) in [5.41, 5.74) is 0.332. The number of hydrogen-bond donors (Lipinski definition) is 1. The van der Waals surface area contributed by atoms with Crippen LogP contribution in [0.3, 0.4) is 0 Å². The third-order valence-corrected chi connectivity index (χ3v) is 2.00. The second-order valence-electron chi connectivity index (χ2n) is 2.87. The third-order valence-electron chi connectivity index (χ3n) is 2.00. The predicted molar refractivity (Wildman–Crippen MR) is 50.9 cm³/mol. The largest absolute Gasteiger partial charge is 0.478 e. The third kappa shape index (κ3) is 2.03. The van der Waals surface area contributed by atoms with E-state index in [-0.39, 0.29) is 21.7 Å². The van der Waals surface area contributed by atoms with Gasteiger partial charge in [-0.25, -0.2) is 4.79 Å². The van der Waals surface area contributed by atoms with Gasteiger partial charge in [-0.2, -0.15) is 0 Å². The first-order valence-electron chi connectivity index (χ1n) is 3.99.